The molecule has 0 bridgehead atoms. The predicted octanol–water partition coefficient (Wildman–Crippen LogP) is 3.11. The summed E-state index contributed by atoms with van der Waals surface area (Å²) in [5, 5.41) is 7.55. The molecular formula is C28H25F2N5O5. The third-order valence-corrected chi connectivity index (χ3v) is 7.09. The smallest absolute Gasteiger partial charge is 0.321 e. The highest BCUT2D eigenvalue weighted by molar-refractivity contribution is 6.00. The van der Waals surface area contributed by atoms with Crippen LogP contribution in [0.1, 0.15) is 24.9 Å². The van der Waals surface area contributed by atoms with Gasteiger partial charge < -0.3 is 24.3 Å². The monoisotopic (exact) mass is 549 g/mol. The number of ether oxygens (including phenoxy) is 2. The molecule has 0 spiro atoms. The van der Waals surface area contributed by atoms with Crippen molar-refractivity contribution in [2.24, 2.45) is 7.05 Å². The quantitative estimate of drug-likeness (QED) is 0.410. The summed E-state index contributed by atoms with van der Waals surface area (Å²) >= 11 is 0. The summed E-state index contributed by atoms with van der Waals surface area (Å²) in [5.41, 5.74) is 2.38. The Kier molecular flexibility index (Phi) is 6.05. The fourth-order valence-electron chi connectivity index (χ4n) is 5.17. The highest BCUT2D eigenvalue weighted by Gasteiger charge is 2.45. The van der Waals surface area contributed by atoms with E-state index in [9.17, 15) is 23.2 Å². The van der Waals surface area contributed by atoms with Gasteiger partial charge in [-0.3, -0.25) is 14.4 Å². The van der Waals surface area contributed by atoms with Crippen molar-refractivity contribution in [1.82, 2.24) is 19.7 Å². The van der Waals surface area contributed by atoms with E-state index in [0.29, 0.717) is 54.0 Å². The number of anilines is 1. The van der Waals surface area contributed by atoms with Crippen LogP contribution in [0.25, 0.3) is 16.6 Å². The van der Waals surface area contributed by atoms with E-state index in [1.54, 1.807) is 66.6 Å². The van der Waals surface area contributed by atoms with Gasteiger partial charge >= 0.3 is 5.92 Å². The number of halogens is 2. The number of hydrogen-bond donors (Lipinski definition) is 1. The van der Waals surface area contributed by atoms with Gasteiger partial charge in [0, 0.05) is 43.7 Å². The zero-order chi connectivity index (χ0) is 28.2. The summed E-state index contributed by atoms with van der Waals surface area (Å²) in [5.74, 6) is -4.39. The van der Waals surface area contributed by atoms with E-state index in [-0.39, 0.29) is 17.9 Å². The first kappa shape index (κ1) is 25.5. The molecule has 2 amide bonds. The molecule has 1 fully saturated rings. The Labute approximate surface area is 226 Å². The number of aromatic nitrogens is 3. The van der Waals surface area contributed by atoms with Gasteiger partial charge in [0.1, 0.15) is 13.2 Å². The number of fused-ring (bicyclic) bond motifs is 2. The molecule has 1 N–H and O–H groups in total. The zero-order valence-electron chi connectivity index (χ0n) is 21.6. The highest BCUT2D eigenvalue weighted by atomic mass is 19.3. The summed E-state index contributed by atoms with van der Waals surface area (Å²) in [6, 6.07) is 11.9. The van der Waals surface area contributed by atoms with Gasteiger partial charge in [-0.15, -0.1) is 0 Å². The molecule has 0 radical (unpaired) electrons. The van der Waals surface area contributed by atoms with Gasteiger partial charge in [-0.05, 0) is 42.0 Å². The molecule has 206 valence electrons. The predicted molar refractivity (Wildman–Crippen MR) is 141 cm³/mol. The minimum atomic E-state index is -3.61. The molecule has 10 nitrogen and oxygen atoms in total. The van der Waals surface area contributed by atoms with Crippen molar-refractivity contribution in [2.45, 2.75) is 31.4 Å². The largest absolute Gasteiger partial charge is 0.486 e. The van der Waals surface area contributed by atoms with Crippen molar-refractivity contribution >= 4 is 28.4 Å². The van der Waals surface area contributed by atoms with Crippen LogP contribution in [0.15, 0.2) is 65.7 Å². The second-order valence-corrected chi connectivity index (χ2v) is 9.92. The van der Waals surface area contributed by atoms with Crippen LogP contribution >= 0.6 is 0 Å². The van der Waals surface area contributed by atoms with Gasteiger partial charge in [-0.2, -0.15) is 13.9 Å². The SMILES string of the molecule is Cn1cc(-n2ncc3cc(N4C(=O)CC(NC(=O)C(C)(F)F)[C@H]4c4ccc5c(c4)OCCO5)ccc32)ccc1=O. The molecule has 2 aromatic carbocycles. The van der Waals surface area contributed by atoms with Gasteiger partial charge in [0.2, 0.25) is 11.5 Å². The van der Waals surface area contributed by atoms with E-state index >= 15 is 0 Å². The number of hydrogen-bond acceptors (Lipinski definition) is 6. The molecule has 1 unspecified atom stereocenters. The Morgan fingerprint density at radius 1 is 1.02 bits per heavy atom. The van der Waals surface area contributed by atoms with Crippen molar-refractivity contribution < 1.29 is 27.8 Å². The van der Waals surface area contributed by atoms with Gasteiger partial charge in [-0.25, -0.2) is 4.68 Å². The van der Waals surface area contributed by atoms with E-state index in [1.165, 1.54) is 15.5 Å². The average molecular weight is 550 g/mol. The van der Waals surface area contributed by atoms with Crippen LogP contribution in [0.3, 0.4) is 0 Å². The number of pyridine rings is 1. The van der Waals surface area contributed by atoms with Crippen LogP contribution in [0.4, 0.5) is 14.5 Å². The van der Waals surface area contributed by atoms with Crippen molar-refractivity contribution in [1.29, 1.82) is 0 Å². The molecule has 0 saturated carbocycles. The Morgan fingerprint density at radius 2 is 1.77 bits per heavy atom. The van der Waals surface area contributed by atoms with Gasteiger partial charge in [0.25, 0.3) is 5.91 Å². The molecule has 1 saturated heterocycles. The number of alkyl halides is 2. The maximum absolute atomic E-state index is 13.8. The van der Waals surface area contributed by atoms with E-state index in [2.05, 4.69) is 10.4 Å². The fourth-order valence-corrected chi connectivity index (χ4v) is 5.17. The first-order valence-corrected chi connectivity index (χ1v) is 12.7. The molecule has 2 aliphatic rings. The molecule has 12 heteroatoms. The number of amides is 2. The van der Waals surface area contributed by atoms with Crippen LogP contribution in [-0.2, 0) is 16.6 Å². The lowest BCUT2D eigenvalue weighted by Gasteiger charge is -2.30. The fraction of sp³-hybridized carbons (Fsp3) is 0.286. The van der Waals surface area contributed by atoms with Crippen LogP contribution in [0.2, 0.25) is 0 Å². The molecule has 2 atom stereocenters. The van der Waals surface area contributed by atoms with E-state index in [1.807, 2.05) is 0 Å². The number of rotatable bonds is 5. The molecule has 0 aliphatic carbocycles. The summed E-state index contributed by atoms with van der Waals surface area (Å²) in [4.78, 5) is 39.0. The minimum Gasteiger partial charge on any atom is -0.486 e. The molecule has 6 rings (SSSR count). The van der Waals surface area contributed by atoms with Crippen molar-refractivity contribution in [3.63, 3.8) is 0 Å². The van der Waals surface area contributed by atoms with Crippen molar-refractivity contribution in [3.8, 4) is 17.2 Å². The summed E-state index contributed by atoms with van der Waals surface area (Å²) in [7, 11) is 1.65. The van der Waals surface area contributed by atoms with Gasteiger partial charge in [-0.1, -0.05) is 6.07 Å². The van der Waals surface area contributed by atoms with Crippen molar-refractivity contribution in [2.75, 3.05) is 18.1 Å². The first-order valence-electron chi connectivity index (χ1n) is 12.7. The van der Waals surface area contributed by atoms with Crippen LogP contribution < -0.4 is 25.2 Å². The highest BCUT2D eigenvalue weighted by Crippen LogP contribution is 2.42. The van der Waals surface area contributed by atoms with Crippen molar-refractivity contribution in [3.05, 3.63) is 76.8 Å². The maximum Gasteiger partial charge on any atom is 0.321 e. The average Bonchev–Trinajstić information content (AvgIpc) is 3.49. The molecule has 2 aliphatic heterocycles. The lowest BCUT2D eigenvalue weighted by atomic mass is 9.98. The standard InChI is InChI=1S/C28H25F2N5O5/c1-28(29,30)27(38)32-20-13-25(37)34(26(20)16-3-7-22-23(12-16)40-10-9-39-22)18-4-6-21-17(11-18)14-31-35(21)19-5-8-24(36)33(2)15-19/h3-8,11-12,14-15,20,26H,9-10,13H2,1-2H3,(H,32,38)/t20?,26-/m1/s1. The number of carbonyl (C=O) groups excluding carboxylic acids is 2. The van der Waals surface area contributed by atoms with Gasteiger partial charge in [0.15, 0.2) is 11.5 Å². The number of nitrogens with zero attached hydrogens (tertiary/aromatic N) is 4. The van der Waals surface area contributed by atoms with Crippen LogP contribution in [0.5, 0.6) is 11.5 Å². The molecule has 40 heavy (non-hydrogen) atoms. The zero-order valence-corrected chi connectivity index (χ0v) is 21.6. The first-order chi connectivity index (χ1) is 19.1. The third kappa shape index (κ3) is 4.44. The van der Waals surface area contributed by atoms with Crippen LogP contribution in [0, 0.1) is 0 Å². The lowest BCUT2D eigenvalue weighted by Crippen LogP contribution is -2.46. The summed E-state index contributed by atoms with van der Waals surface area (Å²) in [6.45, 7) is 1.27. The van der Waals surface area contributed by atoms with Crippen LogP contribution in [-0.4, -0.2) is 51.3 Å². The lowest BCUT2D eigenvalue weighted by molar-refractivity contribution is -0.143. The maximum atomic E-state index is 13.8. The number of aryl methyl sites for hydroxylation is 1. The second kappa shape index (κ2) is 9.47. The summed E-state index contributed by atoms with van der Waals surface area (Å²) < 4.78 is 42.1. The third-order valence-electron chi connectivity index (χ3n) is 7.09. The molecule has 4 heterocycles. The number of benzene rings is 2. The second-order valence-electron chi connectivity index (χ2n) is 9.92. The summed E-state index contributed by atoms with van der Waals surface area (Å²) in [6.07, 6.45) is 3.14. The molecule has 2 aromatic heterocycles. The Bertz CT molecular complexity index is 1710. The topological polar surface area (TPSA) is 108 Å². The molecular weight excluding hydrogens is 524 g/mol. The normalized spacial score (nSPS) is 18.8. The Hall–Kier alpha value is -4.74. The minimum absolute atomic E-state index is 0.150. The van der Waals surface area contributed by atoms with Gasteiger partial charge in [0.05, 0.1) is 29.5 Å². The number of carbonyl (C=O) groups is 2. The van der Waals surface area contributed by atoms with E-state index < -0.39 is 23.9 Å². The Morgan fingerprint density at radius 3 is 2.52 bits per heavy atom. The molecule has 4 aromatic rings. The number of nitrogens with one attached hydrogen (secondary N) is 1. The Balaban J connectivity index is 1.41. The van der Waals surface area contributed by atoms with E-state index in [0.717, 1.165) is 5.52 Å². The van der Waals surface area contributed by atoms with E-state index in [4.69, 9.17) is 9.47 Å².